The number of hydrogen-bond acceptors (Lipinski definition) is 3. The largest absolute Gasteiger partial charge is 0.306 e. The lowest BCUT2D eigenvalue weighted by Gasteiger charge is -2.07. The van der Waals surface area contributed by atoms with Gasteiger partial charge in [0.25, 0.3) is 5.91 Å². The number of para-hydroxylation sites is 1. The van der Waals surface area contributed by atoms with Crippen molar-refractivity contribution in [3.8, 4) is 5.69 Å². The number of amides is 1. The summed E-state index contributed by atoms with van der Waals surface area (Å²) < 4.78 is 15.3. The predicted molar refractivity (Wildman–Crippen MR) is 85.2 cm³/mol. The molecule has 0 radical (unpaired) electrons. The van der Waals surface area contributed by atoms with Gasteiger partial charge in [0.05, 0.1) is 17.5 Å². The molecule has 0 aliphatic rings. The van der Waals surface area contributed by atoms with Gasteiger partial charge in [-0.15, -0.1) is 0 Å². The summed E-state index contributed by atoms with van der Waals surface area (Å²) in [5.74, 6) is -0.262. The van der Waals surface area contributed by atoms with Gasteiger partial charge in [-0.3, -0.25) is 4.79 Å². The van der Waals surface area contributed by atoms with E-state index in [2.05, 4.69) is 15.4 Å². The Labute approximate surface area is 132 Å². The fourth-order valence-electron chi connectivity index (χ4n) is 2.29. The Bertz CT molecular complexity index is 873. The number of carbonyl (C=O) groups is 1. The molecule has 3 rings (SSSR count). The van der Waals surface area contributed by atoms with E-state index >= 15 is 0 Å². The van der Waals surface area contributed by atoms with Crippen LogP contribution < -0.4 is 5.32 Å². The zero-order valence-electron chi connectivity index (χ0n) is 12.7. The van der Waals surface area contributed by atoms with Crippen molar-refractivity contribution in [1.29, 1.82) is 0 Å². The van der Waals surface area contributed by atoms with Crippen molar-refractivity contribution >= 4 is 11.7 Å². The van der Waals surface area contributed by atoms with E-state index in [1.165, 1.54) is 16.9 Å². The van der Waals surface area contributed by atoms with Gasteiger partial charge in [0, 0.05) is 6.20 Å². The molecule has 1 aromatic carbocycles. The maximum Gasteiger partial charge on any atom is 0.260 e. The Morgan fingerprint density at radius 1 is 1.22 bits per heavy atom. The second-order valence-corrected chi connectivity index (χ2v) is 5.18. The first-order valence-corrected chi connectivity index (χ1v) is 7.10. The van der Waals surface area contributed by atoms with Crippen molar-refractivity contribution in [2.24, 2.45) is 0 Å². The maximum atomic E-state index is 13.9. The van der Waals surface area contributed by atoms with Crippen LogP contribution in [0.25, 0.3) is 5.69 Å². The van der Waals surface area contributed by atoms with Gasteiger partial charge in [-0.2, -0.15) is 5.10 Å². The summed E-state index contributed by atoms with van der Waals surface area (Å²) in [6, 6.07) is 9.91. The molecule has 1 amide bonds. The van der Waals surface area contributed by atoms with E-state index < -0.39 is 5.82 Å². The number of halogens is 1. The monoisotopic (exact) mass is 310 g/mol. The Hall–Kier alpha value is -3.02. The lowest BCUT2D eigenvalue weighted by Crippen LogP contribution is -2.14. The van der Waals surface area contributed by atoms with Gasteiger partial charge in [0.1, 0.15) is 17.3 Å². The smallest absolute Gasteiger partial charge is 0.260 e. The number of benzene rings is 1. The molecule has 0 saturated heterocycles. The number of aromatic nitrogens is 3. The van der Waals surface area contributed by atoms with Gasteiger partial charge >= 0.3 is 0 Å². The Kier molecular flexibility index (Phi) is 3.89. The van der Waals surface area contributed by atoms with Crippen LogP contribution in [0.1, 0.15) is 21.6 Å². The minimum Gasteiger partial charge on any atom is -0.306 e. The Morgan fingerprint density at radius 3 is 2.74 bits per heavy atom. The van der Waals surface area contributed by atoms with Gasteiger partial charge in [0.2, 0.25) is 0 Å². The van der Waals surface area contributed by atoms with Crippen LogP contribution >= 0.6 is 0 Å². The molecule has 6 heteroatoms. The lowest BCUT2D eigenvalue weighted by molar-refractivity contribution is 0.102. The molecule has 0 spiro atoms. The summed E-state index contributed by atoms with van der Waals surface area (Å²) in [6.45, 7) is 3.64. The number of carbonyl (C=O) groups excluding carboxylic acids is 1. The molecule has 2 heterocycles. The van der Waals surface area contributed by atoms with Crippen molar-refractivity contribution in [1.82, 2.24) is 14.8 Å². The normalized spacial score (nSPS) is 10.6. The average molecular weight is 310 g/mol. The number of rotatable bonds is 3. The zero-order chi connectivity index (χ0) is 16.4. The number of hydrogen-bond donors (Lipinski definition) is 1. The number of pyridine rings is 1. The fraction of sp³-hybridized carbons (Fsp3) is 0.118. The highest BCUT2D eigenvalue weighted by Gasteiger charge is 2.17. The van der Waals surface area contributed by atoms with Gasteiger partial charge < -0.3 is 5.32 Å². The van der Waals surface area contributed by atoms with Gasteiger partial charge in [0.15, 0.2) is 0 Å². The molecule has 0 unspecified atom stereocenters. The third kappa shape index (κ3) is 2.96. The highest BCUT2D eigenvalue weighted by Crippen LogP contribution is 2.18. The van der Waals surface area contributed by atoms with E-state index in [1.54, 1.807) is 37.4 Å². The first-order valence-electron chi connectivity index (χ1n) is 7.10. The summed E-state index contributed by atoms with van der Waals surface area (Å²) in [4.78, 5) is 16.5. The summed E-state index contributed by atoms with van der Waals surface area (Å²) >= 11 is 0. The van der Waals surface area contributed by atoms with E-state index in [-0.39, 0.29) is 5.91 Å². The molecule has 0 bridgehead atoms. The van der Waals surface area contributed by atoms with Crippen LogP contribution in [0.15, 0.2) is 48.8 Å². The quantitative estimate of drug-likeness (QED) is 0.807. The van der Waals surface area contributed by atoms with Crippen LogP contribution in [0.5, 0.6) is 0 Å². The number of nitrogens with zero attached hydrogens (tertiary/aromatic N) is 3. The van der Waals surface area contributed by atoms with E-state index in [0.29, 0.717) is 22.8 Å². The van der Waals surface area contributed by atoms with Crippen LogP contribution in [0.3, 0.4) is 0 Å². The third-order valence-electron chi connectivity index (χ3n) is 3.49. The maximum absolute atomic E-state index is 13.9. The summed E-state index contributed by atoms with van der Waals surface area (Å²) in [5, 5.41) is 6.84. The lowest BCUT2D eigenvalue weighted by atomic mass is 10.2. The topological polar surface area (TPSA) is 59.8 Å². The van der Waals surface area contributed by atoms with E-state index in [4.69, 9.17) is 0 Å². The molecule has 23 heavy (non-hydrogen) atoms. The van der Waals surface area contributed by atoms with Crippen molar-refractivity contribution in [3.05, 3.63) is 71.4 Å². The third-order valence-corrected chi connectivity index (χ3v) is 3.49. The molecule has 116 valence electrons. The predicted octanol–water partition coefficient (Wildman–Crippen LogP) is 3.28. The molecule has 3 aromatic rings. The van der Waals surface area contributed by atoms with Crippen molar-refractivity contribution in [3.63, 3.8) is 0 Å². The van der Waals surface area contributed by atoms with E-state index in [1.807, 2.05) is 13.0 Å². The minimum absolute atomic E-state index is 0.303. The molecular weight excluding hydrogens is 295 g/mol. The highest BCUT2D eigenvalue weighted by atomic mass is 19.1. The van der Waals surface area contributed by atoms with Crippen molar-refractivity contribution in [2.75, 3.05) is 5.32 Å². The number of anilines is 1. The SMILES string of the molecule is Cc1ccnc(NC(=O)c2cnn(-c3ccccc3F)c2C)c1. The van der Waals surface area contributed by atoms with Crippen LogP contribution in [0.2, 0.25) is 0 Å². The summed E-state index contributed by atoms with van der Waals surface area (Å²) in [5.41, 5.74) is 2.23. The zero-order valence-corrected chi connectivity index (χ0v) is 12.7. The molecule has 0 aliphatic carbocycles. The van der Waals surface area contributed by atoms with Crippen LogP contribution in [-0.2, 0) is 0 Å². The molecule has 0 saturated carbocycles. The number of nitrogens with one attached hydrogen (secondary N) is 1. The van der Waals surface area contributed by atoms with Crippen LogP contribution in [0.4, 0.5) is 10.2 Å². The van der Waals surface area contributed by atoms with Gasteiger partial charge in [-0.1, -0.05) is 12.1 Å². The summed E-state index contributed by atoms with van der Waals surface area (Å²) in [6.07, 6.45) is 3.05. The van der Waals surface area contributed by atoms with E-state index in [0.717, 1.165) is 5.56 Å². The van der Waals surface area contributed by atoms with Crippen LogP contribution in [0, 0.1) is 19.7 Å². The number of aryl methyl sites for hydroxylation is 1. The Balaban J connectivity index is 1.90. The minimum atomic E-state index is -0.397. The molecule has 0 aliphatic heterocycles. The van der Waals surface area contributed by atoms with Crippen molar-refractivity contribution < 1.29 is 9.18 Å². The standard InChI is InChI=1S/C17H15FN4O/c1-11-7-8-19-16(9-11)21-17(23)13-10-20-22(12(13)2)15-6-4-3-5-14(15)18/h3-10H,1-2H3,(H,19,21,23). The second kappa shape index (κ2) is 6.00. The van der Waals surface area contributed by atoms with Crippen molar-refractivity contribution in [2.45, 2.75) is 13.8 Å². The fourth-order valence-corrected chi connectivity index (χ4v) is 2.29. The first-order chi connectivity index (χ1) is 11.1. The first kappa shape index (κ1) is 14.9. The van der Waals surface area contributed by atoms with Gasteiger partial charge in [-0.25, -0.2) is 14.1 Å². The average Bonchev–Trinajstić information content (AvgIpc) is 2.89. The van der Waals surface area contributed by atoms with E-state index in [9.17, 15) is 9.18 Å². The van der Waals surface area contributed by atoms with Gasteiger partial charge in [-0.05, 0) is 43.7 Å². The second-order valence-electron chi connectivity index (χ2n) is 5.18. The summed E-state index contributed by atoms with van der Waals surface area (Å²) in [7, 11) is 0. The van der Waals surface area contributed by atoms with Crippen LogP contribution in [-0.4, -0.2) is 20.7 Å². The molecule has 0 atom stereocenters. The highest BCUT2D eigenvalue weighted by molar-refractivity contribution is 6.04. The Morgan fingerprint density at radius 2 is 2.00 bits per heavy atom. The molecule has 5 nitrogen and oxygen atoms in total. The molecule has 0 fully saturated rings. The molecular formula is C17H15FN4O. The molecule has 2 aromatic heterocycles. The molecule has 1 N–H and O–H groups in total.